The van der Waals surface area contributed by atoms with Crippen LogP contribution in [0.4, 0.5) is 0 Å². The lowest BCUT2D eigenvalue weighted by Gasteiger charge is -2.07. The van der Waals surface area contributed by atoms with E-state index < -0.39 is 0 Å². The number of ether oxygens (including phenoxy) is 4. The fourth-order valence-electron chi connectivity index (χ4n) is 2.85. The second-order valence-corrected chi connectivity index (χ2v) is 6.92. The molecule has 0 N–H and O–H groups in total. The van der Waals surface area contributed by atoms with E-state index in [-0.39, 0.29) is 0 Å². The molecule has 4 heteroatoms. The van der Waals surface area contributed by atoms with Crippen LogP contribution in [0, 0.1) is 0 Å². The minimum atomic E-state index is 0.631. The average molecular weight is 375 g/mol. The molecule has 0 aromatic rings. The molecule has 4 nitrogen and oxygen atoms in total. The average Bonchev–Trinajstić information content (AvgIpc) is 2.66. The standard InChI is InChI=1S/C22H46O4/c1-3-5-6-7-8-9-10-11-12-13-14-15-16-24-19-20-26-22-21-25-18-17-23-4-2/h3-22H2,1-2H3. The van der Waals surface area contributed by atoms with E-state index in [1.807, 2.05) is 6.92 Å². The Morgan fingerprint density at radius 3 is 1.12 bits per heavy atom. The Kier molecular flexibility index (Phi) is 24.7. The van der Waals surface area contributed by atoms with Gasteiger partial charge in [-0.3, -0.25) is 0 Å². The van der Waals surface area contributed by atoms with Crippen molar-refractivity contribution in [3.05, 3.63) is 0 Å². The van der Waals surface area contributed by atoms with Crippen LogP contribution in [0.15, 0.2) is 0 Å². The molecule has 158 valence electrons. The Labute approximate surface area is 163 Å². The summed E-state index contributed by atoms with van der Waals surface area (Å²) in [4.78, 5) is 0. The fourth-order valence-corrected chi connectivity index (χ4v) is 2.85. The monoisotopic (exact) mass is 374 g/mol. The Bertz CT molecular complexity index is 212. The van der Waals surface area contributed by atoms with E-state index in [1.54, 1.807) is 0 Å². The maximum atomic E-state index is 5.60. The van der Waals surface area contributed by atoms with Gasteiger partial charge in [0.2, 0.25) is 0 Å². The SMILES string of the molecule is CCCCCCCCCCCCCCOCCOCCOCCOCC. The second kappa shape index (κ2) is 24.8. The smallest absolute Gasteiger partial charge is 0.0701 e. The van der Waals surface area contributed by atoms with Crippen LogP contribution in [-0.2, 0) is 18.9 Å². The van der Waals surface area contributed by atoms with Crippen LogP contribution in [0.1, 0.15) is 90.9 Å². The maximum Gasteiger partial charge on any atom is 0.0701 e. The minimum Gasteiger partial charge on any atom is -0.379 e. The van der Waals surface area contributed by atoms with Crippen molar-refractivity contribution < 1.29 is 18.9 Å². The molecule has 0 saturated carbocycles. The first-order chi connectivity index (χ1) is 12.9. The van der Waals surface area contributed by atoms with Gasteiger partial charge in [0.05, 0.1) is 39.6 Å². The molecule has 0 aromatic heterocycles. The molecule has 0 aliphatic carbocycles. The van der Waals surface area contributed by atoms with Crippen LogP contribution in [0.25, 0.3) is 0 Å². The topological polar surface area (TPSA) is 36.9 Å². The maximum absolute atomic E-state index is 5.60. The Balaban J connectivity index is 2.95. The number of unbranched alkanes of at least 4 members (excludes halogenated alkanes) is 11. The molecule has 0 fully saturated rings. The van der Waals surface area contributed by atoms with Crippen LogP contribution in [0.5, 0.6) is 0 Å². The highest BCUT2D eigenvalue weighted by Crippen LogP contribution is 2.11. The molecule has 0 bridgehead atoms. The summed E-state index contributed by atoms with van der Waals surface area (Å²) in [6.07, 6.45) is 16.6. The van der Waals surface area contributed by atoms with Gasteiger partial charge in [-0.05, 0) is 13.3 Å². The van der Waals surface area contributed by atoms with E-state index in [4.69, 9.17) is 18.9 Å². The van der Waals surface area contributed by atoms with Crippen molar-refractivity contribution in [1.82, 2.24) is 0 Å². The van der Waals surface area contributed by atoms with Gasteiger partial charge in [0.25, 0.3) is 0 Å². The first-order valence-electron chi connectivity index (χ1n) is 11.2. The minimum absolute atomic E-state index is 0.631. The van der Waals surface area contributed by atoms with Crippen LogP contribution in [0.2, 0.25) is 0 Å². The van der Waals surface area contributed by atoms with Gasteiger partial charge in [0.1, 0.15) is 0 Å². The third kappa shape index (κ3) is 23.8. The molecule has 0 aromatic carbocycles. The van der Waals surface area contributed by atoms with E-state index in [0.29, 0.717) is 39.6 Å². The Hall–Kier alpha value is -0.160. The highest BCUT2D eigenvalue weighted by molar-refractivity contribution is 4.48. The summed E-state index contributed by atoms with van der Waals surface area (Å²) in [5.74, 6) is 0. The normalized spacial score (nSPS) is 11.3. The molecule has 0 aliphatic heterocycles. The molecule has 0 unspecified atom stereocenters. The van der Waals surface area contributed by atoms with Gasteiger partial charge in [-0.1, -0.05) is 77.6 Å². The molecule has 0 amide bonds. The molecular weight excluding hydrogens is 328 g/mol. The zero-order valence-electron chi connectivity index (χ0n) is 17.8. The van der Waals surface area contributed by atoms with Gasteiger partial charge in [-0.15, -0.1) is 0 Å². The summed E-state index contributed by atoms with van der Waals surface area (Å²) >= 11 is 0. The first-order valence-corrected chi connectivity index (χ1v) is 11.2. The fraction of sp³-hybridized carbons (Fsp3) is 1.00. The van der Waals surface area contributed by atoms with Crippen molar-refractivity contribution in [3.63, 3.8) is 0 Å². The quantitative estimate of drug-likeness (QED) is 0.213. The van der Waals surface area contributed by atoms with Crippen molar-refractivity contribution in [1.29, 1.82) is 0 Å². The predicted molar refractivity (Wildman–Crippen MR) is 110 cm³/mol. The summed E-state index contributed by atoms with van der Waals surface area (Å²) < 4.78 is 21.6. The lowest BCUT2D eigenvalue weighted by atomic mass is 10.1. The molecule has 0 heterocycles. The van der Waals surface area contributed by atoms with Gasteiger partial charge in [0, 0.05) is 13.2 Å². The van der Waals surface area contributed by atoms with Gasteiger partial charge in [-0.2, -0.15) is 0 Å². The first kappa shape index (κ1) is 25.8. The van der Waals surface area contributed by atoms with E-state index >= 15 is 0 Å². The zero-order valence-corrected chi connectivity index (χ0v) is 17.8. The number of hydrogen-bond acceptors (Lipinski definition) is 4. The van der Waals surface area contributed by atoms with Gasteiger partial charge in [0.15, 0.2) is 0 Å². The van der Waals surface area contributed by atoms with Crippen LogP contribution >= 0.6 is 0 Å². The van der Waals surface area contributed by atoms with E-state index in [2.05, 4.69) is 6.92 Å². The van der Waals surface area contributed by atoms with Crippen molar-refractivity contribution in [2.75, 3.05) is 52.9 Å². The largest absolute Gasteiger partial charge is 0.379 e. The third-order valence-electron chi connectivity index (χ3n) is 4.46. The summed E-state index contributed by atoms with van der Waals surface area (Å²) in [6, 6.07) is 0. The molecule has 0 radical (unpaired) electrons. The molecular formula is C22H46O4. The molecule has 0 saturated heterocycles. The molecule has 0 spiro atoms. The summed E-state index contributed by atoms with van der Waals surface area (Å²) in [5, 5.41) is 0. The van der Waals surface area contributed by atoms with Crippen molar-refractivity contribution in [3.8, 4) is 0 Å². The van der Waals surface area contributed by atoms with Crippen LogP contribution in [-0.4, -0.2) is 52.9 Å². The predicted octanol–water partition coefficient (Wildman–Crippen LogP) is 5.77. The number of hydrogen-bond donors (Lipinski definition) is 0. The van der Waals surface area contributed by atoms with Gasteiger partial charge >= 0.3 is 0 Å². The van der Waals surface area contributed by atoms with Crippen molar-refractivity contribution in [2.45, 2.75) is 90.9 Å². The zero-order chi connectivity index (χ0) is 19.0. The van der Waals surface area contributed by atoms with E-state index in [0.717, 1.165) is 13.2 Å². The molecule has 0 atom stereocenters. The molecule has 26 heavy (non-hydrogen) atoms. The highest BCUT2D eigenvalue weighted by Gasteiger charge is 1.95. The lowest BCUT2D eigenvalue weighted by molar-refractivity contribution is -0.000841. The van der Waals surface area contributed by atoms with E-state index in [9.17, 15) is 0 Å². The summed E-state index contributed by atoms with van der Waals surface area (Å²) in [5.41, 5.74) is 0. The Morgan fingerprint density at radius 2 is 0.692 bits per heavy atom. The third-order valence-corrected chi connectivity index (χ3v) is 4.46. The Morgan fingerprint density at radius 1 is 0.346 bits per heavy atom. The lowest BCUT2D eigenvalue weighted by Crippen LogP contribution is -2.12. The summed E-state index contributed by atoms with van der Waals surface area (Å²) in [7, 11) is 0. The van der Waals surface area contributed by atoms with Crippen molar-refractivity contribution in [2.24, 2.45) is 0 Å². The van der Waals surface area contributed by atoms with Gasteiger partial charge in [-0.25, -0.2) is 0 Å². The highest BCUT2D eigenvalue weighted by atomic mass is 16.6. The van der Waals surface area contributed by atoms with Crippen molar-refractivity contribution >= 4 is 0 Å². The van der Waals surface area contributed by atoms with Gasteiger partial charge < -0.3 is 18.9 Å². The van der Waals surface area contributed by atoms with Crippen LogP contribution in [0.3, 0.4) is 0 Å². The molecule has 0 rings (SSSR count). The second-order valence-electron chi connectivity index (χ2n) is 6.92. The summed E-state index contributed by atoms with van der Waals surface area (Å²) in [6.45, 7) is 9.81. The van der Waals surface area contributed by atoms with Crippen LogP contribution < -0.4 is 0 Å². The number of rotatable bonds is 23. The molecule has 0 aliphatic rings. The van der Waals surface area contributed by atoms with E-state index in [1.165, 1.54) is 77.0 Å².